The van der Waals surface area contributed by atoms with Gasteiger partial charge >= 0.3 is 0 Å². The lowest BCUT2D eigenvalue weighted by Gasteiger charge is -2.41. The van der Waals surface area contributed by atoms with Gasteiger partial charge < -0.3 is 15.8 Å². The molecular formula is C29H34N6O. The number of nitrogens with two attached hydrogens (primary N) is 1. The minimum absolute atomic E-state index is 0.470. The van der Waals surface area contributed by atoms with Crippen LogP contribution < -0.4 is 15.8 Å². The van der Waals surface area contributed by atoms with E-state index in [2.05, 4.69) is 45.4 Å². The van der Waals surface area contributed by atoms with Crippen molar-refractivity contribution in [1.29, 1.82) is 0 Å². The lowest BCUT2D eigenvalue weighted by Crippen LogP contribution is -2.53. The summed E-state index contributed by atoms with van der Waals surface area (Å²) in [5, 5.41) is 8.20. The standard InChI is InChI=1S/C29H34N6O/c1-20-18-34(16-15-31-20)23-11-7-22(8-12-23)27-17-26(28-29(30)32-19-33-35(27)28)21-9-13-25(14-10-21)36-24-5-3-2-4-6-24/h2-6,9-10,13-14,17,19-20,22-23,31H,7-8,11-12,15-16,18H2,1H3,(H2,30,32,33)/t20-,22-,23-/m0/s1. The third kappa shape index (κ3) is 4.56. The Balaban J connectivity index is 1.25. The van der Waals surface area contributed by atoms with Crippen molar-refractivity contribution >= 4 is 11.3 Å². The molecule has 7 heteroatoms. The van der Waals surface area contributed by atoms with Gasteiger partial charge in [-0.1, -0.05) is 30.3 Å². The van der Waals surface area contributed by atoms with E-state index in [1.54, 1.807) is 6.33 Å². The van der Waals surface area contributed by atoms with Gasteiger partial charge in [0.1, 0.15) is 23.3 Å². The highest BCUT2D eigenvalue weighted by Crippen LogP contribution is 2.40. The van der Waals surface area contributed by atoms with E-state index in [0.29, 0.717) is 23.8 Å². The highest BCUT2D eigenvalue weighted by Gasteiger charge is 2.31. The molecule has 0 amide bonds. The second-order valence-corrected chi connectivity index (χ2v) is 10.2. The van der Waals surface area contributed by atoms with Gasteiger partial charge in [0.25, 0.3) is 0 Å². The van der Waals surface area contributed by atoms with E-state index in [4.69, 9.17) is 10.5 Å². The van der Waals surface area contributed by atoms with Crippen LogP contribution in [0.5, 0.6) is 11.5 Å². The number of para-hydroxylation sites is 1. The van der Waals surface area contributed by atoms with E-state index >= 15 is 0 Å². The first-order chi connectivity index (χ1) is 17.7. The maximum absolute atomic E-state index is 6.39. The maximum Gasteiger partial charge on any atom is 0.151 e. The summed E-state index contributed by atoms with van der Waals surface area (Å²) in [6.45, 7) is 5.70. The van der Waals surface area contributed by atoms with Crippen molar-refractivity contribution in [3.8, 4) is 22.6 Å². The lowest BCUT2D eigenvalue weighted by molar-refractivity contribution is 0.114. The Morgan fingerprint density at radius 2 is 1.72 bits per heavy atom. The SMILES string of the molecule is C[C@H]1CN([C@H]2CC[C@H](c3cc(-c4ccc(Oc5ccccc5)cc4)c4c(N)ncnn43)CC2)CCN1. The summed E-state index contributed by atoms with van der Waals surface area (Å²) in [6, 6.07) is 21.6. The van der Waals surface area contributed by atoms with Crippen LogP contribution in [0.3, 0.4) is 0 Å². The second-order valence-electron chi connectivity index (χ2n) is 10.2. The van der Waals surface area contributed by atoms with Crippen LogP contribution in [0.2, 0.25) is 0 Å². The number of hydrogen-bond acceptors (Lipinski definition) is 6. The molecule has 2 aliphatic rings. The quantitative estimate of drug-likeness (QED) is 0.412. The summed E-state index contributed by atoms with van der Waals surface area (Å²) in [4.78, 5) is 7.01. The first-order valence-electron chi connectivity index (χ1n) is 13.1. The predicted molar refractivity (Wildman–Crippen MR) is 143 cm³/mol. The zero-order valence-corrected chi connectivity index (χ0v) is 20.8. The number of benzene rings is 2. The van der Waals surface area contributed by atoms with Crippen LogP contribution in [0.1, 0.15) is 44.2 Å². The van der Waals surface area contributed by atoms with Gasteiger partial charge in [-0.25, -0.2) is 9.50 Å². The molecule has 0 unspecified atom stereocenters. The fourth-order valence-corrected chi connectivity index (χ4v) is 5.96. The molecule has 2 aromatic carbocycles. The normalized spacial score (nSPS) is 23.1. The zero-order chi connectivity index (χ0) is 24.5. The average molecular weight is 483 g/mol. The van der Waals surface area contributed by atoms with Gasteiger partial charge in [-0.15, -0.1) is 0 Å². The Morgan fingerprint density at radius 1 is 0.972 bits per heavy atom. The fraction of sp³-hybridized carbons (Fsp3) is 0.379. The van der Waals surface area contributed by atoms with Crippen LogP contribution in [0.4, 0.5) is 5.82 Å². The molecule has 36 heavy (non-hydrogen) atoms. The topological polar surface area (TPSA) is 80.7 Å². The van der Waals surface area contributed by atoms with E-state index in [1.807, 2.05) is 47.0 Å². The summed E-state index contributed by atoms with van der Waals surface area (Å²) in [7, 11) is 0. The van der Waals surface area contributed by atoms with Crippen molar-refractivity contribution in [3.63, 3.8) is 0 Å². The number of aromatic nitrogens is 3. The van der Waals surface area contributed by atoms with Gasteiger partial charge in [-0.2, -0.15) is 5.10 Å². The highest BCUT2D eigenvalue weighted by molar-refractivity contribution is 5.88. The Labute approximate surface area is 212 Å². The number of rotatable bonds is 5. The van der Waals surface area contributed by atoms with E-state index in [-0.39, 0.29) is 0 Å². The molecule has 4 aromatic rings. The average Bonchev–Trinajstić information content (AvgIpc) is 3.31. The Bertz CT molecular complexity index is 1310. The molecule has 1 atom stereocenters. The molecule has 1 saturated heterocycles. The molecule has 0 radical (unpaired) electrons. The molecule has 1 aliphatic heterocycles. The lowest BCUT2D eigenvalue weighted by atomic mass is 9.83. The number of hydrogen-bond donors (Lipinski definition) is 2. The van der Waals surface area contributed by atoms with Crippen molar-refractivity contribution in [2.75, 3.05) is 25.4 Å². The monoisotopic (exact) mass is 482 g/mol. The van der Waals surface area contributed by atoms with E-state index in [9.17, 15) is 0 Å². The number of nitrogens with zero attached hydrogens (tertiary/aromatic N) is 4. The third-order valence-corrected chi connectivity index (χ3v) is 7.79. The van der Waals surface area contributed by atoms with Crippen LogP contribution in [0.25, 0.3) is 16.6 Å². The number of piperazine rings is 1. The molecule has 3 heterocycles. The van der Waals surface area contributed by atoms with Crippen molar-refractivity contribution in [2.24, 2.45) is 0 Å². The summed E-state index contributed by atoms with van der Waals surface area (Å²) >= 11 is 0. The van der Waals surface area contributed by atoms with E-state index in [1.165, 1.54) is 31.4 Å². The van der Waals surface area contributed by atoms with Gasteiger partial charge in [0.05, 0.1) is 0 Å². The first-order valence-corrected chi connectivity index (χ1v) is 13.1. The Morgan fingerprint density at radius 3 is 2.47 bits per heavy atom. The second kappa shape index (κ2) is 9.91. The van der Waals surface area contributed by atoms with Gasteiger partial charge in [-0.05, 0) is 68.5 Å². The smallest absolute Gasteiger partial charge is 0.151 e. The first kappa shape index (κ1) is 23.0. The molecule has 6 rings (SSSR count). The third-order valence-electron chi connectivity index (χ3n) is 7.79. The van der Waals surface area contributed by atoms with Crippen molar-refractivity contribution in [1.82, 2.24) is 24.8 Å². The van der Waals surface area contributed by atoms with Crippen LogP contribution in [0, 0.1) is 0 Å². The molecule has 2 aromatic heterocycles. The highest BCUT2D eigenvalue weighted by atomic mass is 16.5. The summed E-state index contributed by atoms with van der Waals surface area (Å²) < 4.78 is 8.02. The van der Waals surface area contributed by atoms with Gasteiger partial charge in [0.2, 0.25) is 0 Å². The van der Waals surface area contributed by atoms with Crippen molar-refractivity contribution < 1.29 is 4.74 Å². The summed E-state index contributed by atoms with van der Waals surface area (Å²) in [5.41, 5.74) is 10.7. The fourth-order valence-electron chi connectivity index (χ4n) is 5.96. The molecular weight excluding hydrogens is 448 g/mol. The molecule has 1 aliphatic carbocycles. The van der Waals surface area contributed by atoms with E-state index in [0.717, 1.165) is 47.8 Å². The van der Waals surface area contributed by atoms with Gasteiger partial charge in [-0.3, -0.25) is 4.90 Å². The molecule has 0 bridgehead atoms. The van der Waals surface area contributed by atoms with Crippen molar-refractivity contribution in [3.05, 3.63) is 72.7 Å². The maximum atomic E-state index is 6.39. The van der Waals surface area contributed by atoms with Crippen LogP contribution in [0.15, 0.2) is 67.0 Å². The molecule has 186 valence electrons. The van der Waals surface area contributed by atoms with Gasteiger partial charge in [0, 0.05) is 48.9 Å². The number of nitrogens with one attached hydrogen (secondary N) is 1. The number of anilines is 1. The largest absolute Gasteiger partial charge is 0.457 e. The molecule has 7 nitrogen and oxygen atoms in total. The number of nitrogen functional groups attached to an aromatic ring is 1. The molecule has 1 saturated carbocycles. The summed E-state index contributed by atoms with van der Waals surface area (Å²) in [6.07, 6.45) is 6.36. The van der Waals surface area contributed by atoms with Crippen LogP contribution >= 0.6 is 0 Å². The van der Waals surface area contributed by atoms with Crippen LogP contribution in [-0.4, -0.2) is 51.2 Å². The predicted octanol–water partition coefficient (Wildman–Crippen LogP) is 5.09. The minimum Gasteiger partial charge on any atom is -0.457 e. The van der Waals surface area contributed by atoms with Gasteiger partial charge in [0.15, 0.2) is 5.82 Å². The minimum atomic E-state index is 0.470. The number of fused-ring (bicyclic) bond motifs is 1. The zero-order valence-electron chi connectivity index (χ0n) is 20.8. The molecule has 2 fully saturated rings. The van der Waals surface area contributed by atoms with Crippen LogP contribution in [-0.2, 0) is 0 Å². The van der Waals surface area contributed by atoms with E-state index < -0.39 is 0 Å². The number of ether oxygens (including phenoxy) is 1. The summed E-state index contributed by atoms with van der Waals surface area (Å²) in [5.74, 6) is 2.61. The Kier molecular flexibility index (Phi) is 6.34. The Hall–Kier alpha value is -3.42. The van der Waals surface area contributed by atoms with Crippen molar-refractivity contribution in [2.45, 2.75) is 50.6 Å². The molecule has 0 spiro atoms. The molecule has 3 N–H and O–H groups in total.